The molecule has 1 aliphatic carbocycles. The summed E-state index contributed by atoms with van der Waals surface area (Å²) in [6.45, 7) is 7.95. The maximum atomic E-state index is 12.8. The van der Waals surface area contributed by atoms with Crippen molar-refractivity contribution in [3.63, 3.8) is 0 Å². The summed E-state index contributed by atoms with van der Waals surface area (Å²) in [6.07, 6.45) is 1.17. The summed E-state index contributed by atoms with van der Waals surface area (Å²) in [5.41, 5.74) is 4.87. The van der Waals surface area contributed by atoms with Crippen LogP contribution in [0.15, 0.2) is 36.4 Å². The van der Waals surface area contributed by atoms with Crippen LogP contribution in [-0.4, -0.2) is 11.8 Å². The van der Waals surface area contributed by atoms with Gasteiger partial charge in [-0.25, -0.2) is 0 Å². The van der Waals surface area contributed by atoms with Crippen LogP contribution < -0.4 is 10.6 Å². The second-order valence-corrected chi connectivity index (χ2v) is 7.06. The zero-order valence-electron chi connectivity index (χ0n) is 15.2. The highest BCUT2D eigenvalue weighted by Crippen LogP contribution is 2.47. The zero-order chi connectivity index (χ0) is 18.2. The van der Waals surface area contributed by atoms with Crippen LogP contribution in [0.25, 0.3) is 0 Å². The Morgan fingerprint density at radius 3 is 1.96 bits per heavy atom. The summed E-state index contributed by atoms with van der Waals surface area (Å²) in [7, 11) is 0. The summed E-state index contributed by atoms with van der Waals surface area (Å²) < 4.78 is 0. The minimum absolute atomic E-state index is 0.216. The molecular formula is C21H24N2O2. The first kappa shape index (κ1) is 17.2. The molecule has 4 nitrogen and oxygen atoms in total. The summed E-state index contributed by atoms with van der Waals surface area (Å²) in [6, 6.07) is 11.7. The molecule has 0 atom stereocenters. The number of carbonyl (C=O) groups excluding carboxylic acids is 2. The van der Waals surface area contributed by atoms with Gasteiger partial charge in [-0.15, -0.1) is 0 Å². The molecule has 2 aromatic carbocycles. The molecule has 0 unspecified atom stereocenters. The van der Waals surface area contributed by atoms with Crippen LogP contribution in [0.2, 0.25) is 0 Å². The van der Waals surface area contributed by atoms with E-state index in [0.717, 1.165) is 28.1 Å². The van der Waals surface area contributed by atoms with Crippen LogP contribution in [0.5, 0.6) is 0 Å². The van der Waals surface area contributed by atoms with E-state index in [1.54, 1.807) is 0 Å². The molecule has 25 heavy (non-hydrogen) atoms. The number of aryl methyl sites for hydroxylation is 4. The first-order valence-corrected chi connectivity index (χ1v) is 8.60. The highest BCUT2D eigenvalue weighted by Gasteiger charge is 2.56. The number of anilines is 2. The Balaban J connectivity index is 1.76. The monoisotopic (exact) mass is 336 g/mol. The molecule has 0 saturated heterocycles. The second-order valence-electron chi connectivity index (χ2n) is 7.06. The molecule has 1 saturated carbocycles. The molecule has 3 rings (SSSR count). The summed E-state index contributed by atoms with van der Waals surface area (Å²) in [5.74, 6) is -0.439. The average Bonchev–Trinajstić information content (AvgIpc) is 3.36. The lowest BCUT2D eigenvalue weighted by atomic mass is 10.0. The van der Waals surface area contributed by atoms with E-state index < -0.39 is 5.41 Å². The van der Waals surface area contributed by atoms with Crippen LogP contribution in [0, 0.1) is 33.1 Å². The van der Waals surface area contributed by atoms with E-state index in [1.807, 2.05) is 64.1 Å². The average molecular weight is 336 g/mol. The van der Waals surface area contributed by atoms with Crippen LogP contribution in [0.4, 0.5) is 11.4 Å². The van der Waals surface area contributed by atoms with Crippen molar-refractivity contribution in [2.24, 2.45) is 5.41 Å². The lowest BCUT2D eigenvalue weighted by Gasteiger charge is -2.18. The third-order valence-electron chi connectivity index (χ3n) is 5.10. The lowest BCUT2D eigenvalue weighted by Crippen LogP contribution is -2.36. The van der Waals surface area contributed by atoms with Crippen molar-refractivity contribution in [1.82, 2.24) is 0 Å². The van der Waals surface area contributed by atoms with Crippen molar-refractivity contribution in [2.45, 2.75) is 40.5 Å². The molecule has 0 bridgehead atoms. The van der Waals surface area contributed by atoms with E-state index in [-0.39, 0.29) is 11.8 Å². The Morgan fingerprint density at radius 2 is 1.40 bits per heavy atom. The first-order valence-electron chi connectivity index (χ1n) is 8.60. The third-order valence-corrected chi connectivity index (χ3v) is 5.10. The topological polar surface area (TPSA) is 58.2 Å². The number of rotatable bonds is 4. The van der Waals surface area contributed by atoms with E-state index in [1.165, 1.54) is 5.56 Å². The summed E-state index contributed by atoms with van der Waals surface area (Å²) in [4.78, 5) is 25.5. The van der Waals surface area contributed by atoms with Crippen molar-refractivity contribution < 1.29 is 9.59 Å². The van der Waals surface area contributed by atoms with Gasteiger partial charge < -0.3 is 10.6 Å². The third kappa shape index (κ3) is 3.29. The molecule has 4 heteroatoms. The zero-order valence-corrected chi connectivity index (χ0v) is 15.2. The van der Waals surface area contributed by atoms with Crippen molar-refractivity contribution in [3.8, 4) is 0 Å². The number of hydrogen-bond acceptors (Lipinski definition) is 2. The smallest absolute Gasteiger partial charge is 0.240 e. The number of amides is 2. The van der Waals surface area contributed by atoms with Gasteiger partial charge in [0.25, 0.3) is 0 Å². The van der Waals surface area contributed by atoms with Crippen molar-refractivity contribution >= 4 is 23.2 Å². The summed E-state index contributed by atoms with van der Waals surface area (Å²) in [5, 5.41) is 5.88. The lowest BCUT2D eigenvalue weighted by molar-refractivity contribution is -0.131. The molecule has 2 amide bonds. The highest BCUT2D eigenvalue weighted by atomic mass is 16.2. The van der Waals surface area contributed by atoms with Gasteiger partial charge in [0.1, 0.15) is 5.41 Å². The van der Waals surface area contributed by atoms with Gasteiger partial charge in [0, 0.05) is 11.4 Å². The molecule has 1 aliphatic rings. The maximum Gasteiger partial charge on any atom is 0.240 e. The van der Waals surface area contributed by atoms with Gasteiger partial charge in [-0.3, -0.25) is 9.59 Å². The largest absolute Gasteiger partial charge is 0.325 e. The minimum atomic E-state index is -0.951. The predicted molar refractivity (Wildman–Crippen MR) is 101 cm³/mol. The van der Waals surface area contributed by atoms with Crippen LogP contribution in [0.3, 0.4) is 0 Å². The maximum absolute atomic E-state index is 12.8. The van der Waals surface area contributed by atoms with Gasteiger partial charge in [0.05, 0.1) is 0 Å². The molecule has 1 fully saturated rings. The minimum Gasteiger partial charge on any atom is -0.325 e. The fourth-order valence-corrected chi connectivity index (χ4v) is 3.00. The molecule has 0 radical (unpaired) electrons. The Morgan fingerprint density at radius 1 is 0.800 bits per heavy atom. The van der Waals surface area contributed by atoms with Crippen LogP contribution in [0.1, 0.15) is 35.1 Å². The van der Waals surface area contributed by atoms with E-state index >= 15 is 0 Å². The van der Waals surface area contributed by atoms with Crippen molar-refractivity contribution in [3.05, 3.63) is 58.7 Å². The molecule has 0 aromatic heterocycles. The molecular weight excluding hydrogens is 312 g/mol. The number of para-hydroxylation sites is 1. The van der Waals surface area contributed by atoms with Gasteiger partial charge in [0.15, 0.2) is 0 Å². The van der Waals surface area contributed by atoms with Gasteiger partial charge in [-0.1, -0.05) is 24.3 Å². The Bertz CT molecular complexity index is 831. The van der Waals surface area contributed by atoms with Crippen molar-refractivity contribution in [2.75, 3.05) is 10.6 Å². The van der Waals surface area contributed by atoms with E-state index in [2.05, 4.69) is 10.6 Å². The fourth-order valence-electron chi connectivity index (χ4n) is 3.00. The molecule has 0 aliphatic heterocycles. The number of benzene rings is 2. The van der Waals surface area contributed by atoms with Gasteiger partial charge in [-0.2, -0.15) is 0 Å². The molecule has 2 N–H and O–H groups in total. The standard InChI is InChI=1S/C21H24N2O2/c1-13-8-9-17(12-16(13)4)22-19(24)21(10-11-21)20(25)23-18-14(2)6-5-7-15(18)3/h5-9,12H,10-11H2,1-4H3,(H,22,24)(H,23,25). The van der Waals surface area contributed by atoms with Gasteiger partial charge in [-0.05, 0) is 74.9 Å². The Kier molecular flexibility index (Phi) is 4.38. The van der Waals surface area contributed by atoms with Crippen molar-refractivity contribution in [1.29, 1.82) is 0 Å². The molecule has 130 valence electrons. The molecule has 2 aromatic rings. The Labute approximate surface area is 148 Å². The van der Waals surface area contributed by atoms with Crippen LogP contribution >= 0.6 is 0 Å². The number of nitrogens with one attached hydrogen (secondary N) is 2. The van der Waals surface area contributed by atoms with E-state index in [4.69, 9.17) is 0 Å². The number of hydrogen-bond donors (Lipinski definition) is 2. The predicted octanol–water partition coefficient (Wildman–Crippen LogP) is 4.28. The van der Waals surface area contributed by atoms with Gasteiger partial charge >= 0.3 is 0 Å². The molecule has 0 heterocycles. The highest BCUT2D eigenvalue weighted by molar-refractivity contribution is 6.17. The van der Waals surface area contributed by atoms with Crippen LogP contribution in [-0.2, 0) is 9.59 Å². The SMILES string of the molecule is Cc1ccc(NC(=O)C2(C(=O)Nc3c(C)cccc3C)CC2)cc1C. The quantitative estimate of drug-likeness (QED) is 0.819. The van der Waals surface area contributed by atoms with E-state index in [9.17, 15) is 9.59 Å². The normalized spacial score (nSPS) is 14.7. The van der Waals surface area contributed by atoms with E-state index in [0.29, 0.717) is 12.8 Å². The number of carbonyl (C=O) groups is 2. The Hall–Kier alpha value is -2.62. The molecule has 0 spiro atoms. The fraction of sp³-hybridized carbons (Fsp3) is 0.333. The first-order chi connectivity index (χ1) is 11.8. The second kappa shape index (κ2) is 6.36. The van der Waals surface area contributed by atoms with Gasteiger partial charge in [0.2, 0.25) is 11.8 Å². The summed E-state index contributed by atoms with van der Waals surface area (Å²) >= 11 is 0.